The van der Waals surface area contributed by atoms with Crippen LogP contribution in [0.15, 0.2) is 25.6 Å². The lowest BCUT2D eigenvalue weighted by Gasteiger charge is -2.13. The monoisotopic (exact) mass is 144 g/mol. The molecule has 0 atom stereocenters. The van der Waals surface area contributed by atoms with Gasteiger partial charge in [-0.2, -0.15) is 10.1 Å². The smallest absolute Gasteiger partial charge is 0.280 e. The number of nitrogens with zero attached hydrogens (tertiary/aromatic N) is 2. The summed E-state index contributed by atoms with van der Waals surface area (Å²) in [6.07, 6.45) is 1.68. The van der Waals surface area contributed by atoms with Crippen molar-refractivity contribution in [3.63, 3.8) is 0 Å². The van der Waals surface area contributed by atoms with Crippen molar-refractivity contribution in [2.24, 2.45) is 0 Å². The van der Waals surface area contributed by atoms with E-state index in [1.165, 1.54) is 0 Å². The van der Waals surface area contributed by atoms with Crippen LogP contribution in [0.25, 0.3) is 0 Å². The van der Waals surface area contributed by atoms with Gasteiger partial charge in [-0.15, -0.1) is 0 Å². The summed E-state index contributed by atoms with van der Waals surface area (Å²) in [6, 6.07) is -1.04. The first-order valence-corrected chi connectivity index (χ1v) is 2.38. The Morgan fingerprint density at radius 1 is 1.20 bits per heavy atom. The van der Waals surface area contributed by atoms with Gasteiger partial charge in [0.15, 0.2) is 0 Å². The molecular formula is C5H8N2O3. The van der Waals surface area contributed by atoms with Crippen molar-refractivity contribution < 1.29 is 15.2 Å². The highest BCUT2D eigenvalue weighted by molar-refractivity contribution is 5.73. The molecule has 0 aliphatic carbocycles. The minimum absolute atomic E-state index is 0.127. The molecule has 10 heavy (non-hydrogen) atoms. The van der Waals surface area contributed by atoms with Crippen molar-refractivity contribution in [3.05, 3.63) is 25.6 Å². The second-order valence-corrected chi connectivity index (χ2v) is 1.34. The van der Waals surface area contributed by atoms with E-state index in [0.29, 0.717) is 0 Å². The van der Waals surface area contributed by atoms with Crippen LogP contribution in [-0.4, -0.2) is 26.6 Å². The standard InChI is InChI=1S/C5H8N2O3/c1-3-6(9)5(8)7(10)4-2/h3-4,9-10H,1-2H2. The number of hydrogen-bond donors (Lipinski definition) is 2. The molecule has 2 amide bonds. The van der Waals surface area contributed by atoms with E-state index in [2.05, 4.69) is 13.2 Å². The average molecular weight is 144 g/mol. The molecule has 2 N–H and O–H groups in total. The van der Waals surface area contributed by atoms with Crippen molar-refractivity contribution in [1.82, 2.24) is 10.1 Å². The maximum absolute atomic E-state index is 10.5. The largest absolute Gasteiger partial charge is 0.375 e. The van der Waals surface area contributed by atoms with Crippen molar-refractivity contribution in [2.45, 2.75) is 0 Å². The third kappa shape index (κ3) is 1.88. The van der Waals surface area contributed by atoms with Gasteiger partial charge in [-0.1, -0.05) is 13.2 Å². The highest BCUT2D eigenvalue weighted by atomic mass is 16.6. The van der Waals surface area contributed by atoms with E-state index in [4.69, 9.17) is 10.4 Å². The van der Waals surface area contributed by atoms with Gasteiger partial charge in [0.05, 0.1) is 0 Å². The second-order valence-electron chi connectivity index (χ2n) is 1.34. The molecule has 0 saturated carbocycles. The lowest BCUT2D eigenvalue weighted by Crippen LogP contribution is -2.32. The van der Waals surface area contributed by atoms with Crippen LogP contribution >= 0.6 is 0 Å². The minimum Gasteiger partial charge on any atom is -0.280 e. The fraction of sp³-hybridized carbons (Fsp3) is 0. The Labute approximate surface area is 58.0 Å². The molecule has 0 aliphatic rings. The van der Waals surface area contributed by atoms with Gasteiger partial charge in [0.2, 0.25) is 0 Å². The summed E-state index contributed by atoms with van der Waals surface area (Å²) < 4.78 is 0. The van der Waals surface area contributed by atoms with Crippen molar-refractivity contribution >= 4 is 6.03 Å². The normalized spacial score (nSPS) is 8.20. The molecule has 0 heterocycles. The predicted octanol–water partition coefficient (Wildman–Crippen LogP) is 0.776. The quantitative estimate of drug-likeness (QED) is 0.444. The molecule has 0 bridgehead atoms. The Balaban J connectivity index is 4.06. The van der Waals surface area contributed by atoms with E-state index in [1.807, 2.05) is 0 Å². The highest BCUT2D eigenvalue weighted by Crippen LogP contribution is 1.91. The van der Waals surface area contributed by atoms with Crippen LogP contribution in [-0.2, 0) is 0 Å². The topological polar surface area (TPSA) is 64.0 Å². The van der Waals surface area contributed by atoms with Crippen LogP contribution in [0.3, 0.4) is 0 Å². The molecule has 0 aromatic heterocycles. The zero-order chi connectivity index (χ0) is 8.15. The van der Waals surface area contributed by atoms with Crippen molar-refractivity contribution in [2.75, 3.05) is 0 Å². The Morgan fingerprint density at radius 3 is 1.70 bits per heavy atom. The van der Waals surface area contributed by atoms with Gasteiger partial charge >= 0.3 is 6.03 Å². The molecule has 0 unspecified atom stereocenters. The molecule has 0 aromatic carbocycles. The summed E-state index contributed by atoms with van der Waals surface area (Å²) in [6.45, 7) is 6.16. The first kappa shape index (κ1) is 8.67. The summed E-state index contributed by atoms with van der Waals surface area (Å²) in [7, 11) is 0. The molecule has 5 nitrogen and oxygen atoms in total. The number of hydroxylamine groups is 4. The molecule has 5 heteroatoms. The molecule has 0 spiro atoms. The summed E-state index contributed by atoms with van der Waals surface area (Å²) in [5.41, 5.74) is 0. The van der Waals surface area contributed by atoms with Gasteiger partial charge in [-0.05, 0) is 0 Å². The average Bonchev–Trinajstić information content (AvgIpc) is 2.00. The Morgan fingerprint density at radius 2 is 1.50 bits per heavy atom. The zero-order valence-corrected chi connectivity index (χ0v) is 5.27. The molecular weight excluding hydrogens is 136 g/mol. The summed E-state index contributed by atoms with van der Waals surface area (Å²) in [4.78, 5) is 10.5. The summed E-state index contributed by atoms with van der Waals surface area (Å²) >= 11 is 0. The number of amides is 2. The van der Waals surface area contributed by atoms with Gasteiger partial charge in [0, 0.05) is 12.4 Å². The third-order valence-corrected chi connectivity index (χ3v) is 0.738. The van der Waals surface area contributed by atoms with E-state index in [-0.39, 0.29) is 10.1 Å². The van der Waals surface area contributed by atoms with Gasteiger partial charge in [0.25, 0.3) is 0 Å². The highest BCUT2D eigenvalue weighted by Gasteiger charge is 2.11. The van der Waals surface area contributed by atoms with Crippen LogP contribution in [0.1, 0.15) is 0 Å². The van der Waals surface area contributed by atoms with Crippen LogP contribution in [0.2, 0.25) is 0 Å². The van der Waals surface area contributed by atoms with Crippen LogP contribution in [0.5, 0.6) is 0 Å². The number of carbonyl (C=O) groups is 1. The molecule has 0 aromatic rings. The Kier molecular flexibility index (Phi) is 3.16. The van der Waals surface area contributed by atoms with Crippen LogP contribution < -0.4 is 0 Å². The summed E-state index contributed by atoms with van der Waals surface area (Å²) in [5.74, 6) is 0. The zero-order valence-electron chi connectivity index (χ0n) is 5.27. The minimum atomic E-state index is -1.04. The van der Waals surface area contributed by atoms with E-state index < -0.39 is 6.03 Å². The molecule has 0 fully saturated rings. The molecule has 0 saturated heterocycles. The number of rotatable bonds is 2. The number of hydrogen-bond acceptors (Lipinski definition) is 3. The lowest BCUT2D eigenvalue weighted by molar-refractivity contribution is -0.0701. The number of carbonyl (C=O) groups excluding carboxylic acids is 1. The fourth-order valence-electron chi connectivity index (χ4n) is 0.261. The van der Waals surface area contributed by atoms with E-state index in [0.717, 1.165) is 12.4 Å². The van der Waals surface area contributed by atoms with Crippen molar-refractivity contribution in [1.29, 1.82) is 0 Å². The maximum atomic E-state index is 10.5. The Hall–Kier alpha value is -1.33. The first-order chi connectivity index (χ1) is 4.63. The first-order valence-electron chi connectivity index (χ1n) is 2.38. The maximum Gasteiger partial charge on any atom is 0.375 e. The summed E-state index contributed by atoms with van der Waals surface area (Å²) in [5, 5.41) is 17.3. The van der Waals surface area contributed by atoms with Gasteiger partial charge in [-0.3, -0.25) is 10.4 Å². The number of urea groups is 1. The molecule has 56 valence electrons. The van der Waals surface area contributed by atoms with Gasteiger partial charge in [0.1, 0.15) is 0 Å². The van der Waals surface area contributed by atoms with Gasteiger partial charge in [-0.25, -0.2) is 4.79 Å². The van der Waals surface area contributed by atoms with E-state index in [9.17, 15) is 4.79 Å². The molecule has 0 rings (SSSR count). The van der Waals surface area contributed by atoms with Crippen molar-refractivity contribution in [3.8, 4) is 0 Å². The third-order valence-electron chi connectivity index (χ3n) is 0.738. The van der Waals surface area contributed by atoms with Crippen LogP contribution in [0.4, 0.5) is 4.79 Å². The SMILES string of the molecule is C=CN(O)C(=O)N(O)C=C. The van der Waals surface area contributed by atoms with E-state index >= 15 is 0 Å². The van der Waals surface area contributed by atoms with Gasteiger partial charge < -0.3 is 0 Å². The fourth-order valence-corrected chi connectivity index (χ4v) is 0.261. The predicted molar refractivity (Wildman–Crippen MR) is 33.0 cm³/mol. The Bertz CT molecular complexity index is 141. The second kappa shape index (κ2) is 3.65. The molecule has 0 radical (unpaired) electrons. The molecule has 0 aliphatic heterocycles. The van der Waals surface area contributed by atoms with E-state index in [1.54, 1.807) is 0 Å². The van der Waals surface area contributed by atoms with Crippen LogP contribution in [0, 0.1) is 0 Å². The lowest BCUT2D eigenvalue weighted by atomic mass is 10.8.